The minimum absolute atomic E-state index is 0.195. The summed E-state index contributed by atoms with van der Waals surface area (Å²) in [5.74, 6) is 2.51. The number of nitrogens with one attached hydrogen (secondary N) is 1. The first-order valence-electron chi connectivity index (χ1n) is 9.24. The van der Waals surface area contributed by atoms with Gasteiger partial charge in [-0.3, -0.25) is 4.79 Å². The number of carbonyl (C=O) groups excluding carboxylic acids is 1. The molecule has 0 radical (unpaired) electrons. The number of oxazole rings is 1. The van der Waals surface area contributed by atoms with Gasteiger partial charge in [0, 0.05) is 17.2 Å². The number of anilines is 1. The van der Waals surface area contributed by atoms with Crippen molar-refractivity contribution in [2.45, 2.75) is 44.6 Å². The van der Waals surface area contributed by atoms with Gasteiger partial charge in [-0.25, -0.2) is 15.0 Å². The van der Waals surface area contributed by atoms with E-state index in [0.29, 0.717) is 23.1 Å². The number of rotatable bonds is 5. The van der Waals surface area contributed by atoms with Crippen molar-refractivity contribution in [3.05, 3.63) is 52.8 Å². The van der Waals surface area contributed by atoms with E-state index in [1.807, 2.05) is 51.3 Å². The van der Waals surface area contributed by atoms with Crippen LogP contribution in [0.15, 0.2) is 33.7 Å². The van der Waals surface area contributed by atoms with Crippen LogP contribution in [0.1, 0.15) is 52.1 Å². The van der Waals surface area contributed by atoms with Crippen LogP contribution >= 0.6 is 11.8 Å². The maximum atomic E-state index is 12.9. The lowest BCUT2D eigenvalue weighted by molar-refractivity contribution is 0.102. The fourth-order valence-electron chi connectivity index (χ4n) is 2.99. The summed E-state index contributed by atoms with van der Waals surface area (Å²) in [7, 11) is 0. The minimum Gasteiger partial charge on any atom is -0.441 e. The highest BCUT2D eigenvalue weighted by Crippen LogP contribution is 2.39. The van der Waals surface area contributed by atoms with Gasteiger partial charge in [0.1, 0.15) is 16.6 Å². The van der Waals surface area contributed by atoms with Gasteiger partial charge in [0.05, 0.1) is 17.0 Å². The highest BCUT2D eigenvalue weighted by Gasteiger charge is 2.29. The second-order valence-corrected chi connectivity index (χ2v) is 7.81. The van der Waals surface area contributed by atoms with E-state index in [9.17, 15) is 4.79 Å². The minimum atomic E-state index is -0.195. The molecule has 0 aliphatic heterocycles. The summed E-state index contributed by atoms with van der Waals surface area (Å²) in [4.78, 5) is 26.5. The molecule has 0 spiro atoms. The van der Waals surface area contributed by atoms with Gasteiger partial charge in [0.15, 0.2) is 0 Å². The largest absolute Gasteiger partial charge is 0.441 e. The molecule has 0 unspecified atom stereocenters. The first-order valence-corrected chi connectivity index (χ1v) is 10.5. The third-order valence-electron chi connectivity index (χ3n) is 4.86. The Bertz CT molecular complexity index is 1020. The number of amides is 1. The van der Waals surface area contributed by atoms with Gasteiger partial charge in [0.25, 0.3) is 5.91 Å². The van der Waals surface area contributed by atoms with Crippen molar-refractivity contribution in [2.24, 2.45) is 0 Å². The molecule has 1 aliphatic carbocycles. The molecule has 1 amide bonds. The Morgan fingerprint density at radius 3 is 2.36 bits per heavy atom. The molecule has 1 aromatic carbocycles. The fourth-order valence-corrected chi connectivity index (χ4v) is 3.62. The Balaban J connectivity index is 1.55. The highest BCUT2D eigenvalue weighted by molar-refractivity contribution is 7.98. The van der Waals surface area contributed by atoms with E-state index >= 15 is 0 Å². The van der Waals surface area contributed by atoms with Gasteiger partial charge < -0.3 is 9.73 Å². The van der Waals surface area contributed by atoms with Crippen molar-refractivity contribution in [3.8, 4) is 11.5 Å². The second-order valence-electron chi connectivity index (χ2n) is 7.02. The molecule has 6 nitrogen and oxygen atoms in total. The summed E-state index contributed by atoms with van der Waals surface area (Å²) in [6.45, 7) is 5.68. The quantitative estimate of drug-likeness (QED) is 0.489. The number of hydrogen-bond donors (Lipinski definition) is 1. The van der Waals surface area contributed by atoms with Gasteiger partial charge in [-0.15, -0.1) is 11.8 Å². The zero-order valence-electron chi connectivity index (χ0n) is 16.4. The normalized spacial score (nSPS) is 13.6. The summed E-state index contributed by atoms with van der Waals surface area (Å²) in [6, 6.07) is 7.45. The van der Waals surface area contributed by atoms with E-state index in [1.54, 1.807) is 0 Å². The zero-order chi connectivity index (χ0) is 19.8. The molecule has 1 aliphatic rings. The Morgan fingerprint density at radius 2 is 1.79 bits per heavy atom. The Labute approximate surface area is 168 Å². The smallest absolute Gasteiger partial charge is 0.260 e. The molecule has 2 aromatic heterocycles. The van der Waals surface area contributed by atoms with Crippen molar-refractivity contribution in [3.63, 3.8) is 0 Å². The molecule has 2 heterocycles. The number of aromatic nitrogens is 3. The summed E-state index contributed by atoms with van der Waals surface area (Å²) < 4.78 is 5.65. The van der Waals surface area contributed by atoms with Crippen LogP contribution in [0.2, 0.25) is 0 Å². The van der Waals surface area contributed by atoms with Crippen molar-refractivity contribution in [1.29, 1.82) is 0 Å². The maximum Gasteiger partial charge on any atom is 0.260 e. The van der Waals surface area contributed by atoms with Crippen molar-refractivity contribution >= 4 is 23.4 Å². The second kappa shape index (κ2) is 7.39. The van der Waals surface area contributed by atoms with E-state index in [4.69, 9.17) is 4.42 Å². The Kier molecular flexibility index (Phi) is 4.93. The lowest BCUT2D eigenvalue weighted by Crippen LogP contribution is -2.17. The molecule has 28 heavy (non-hydrogen) atoms. The number of aryl methyl sites for hydroxylation is 3. The first-order chi connectivity index (χ1) is 13.5. The molecule has 4 rings (SSSR count). The monoisotopic (exact) mass is 394 g/mol. The van der Waals surface area contributed by atoms with Crippen molar-refractivity contribution < 1.29 is 9.21 Å². The number of benzene rings is 1. The molecular weight excluding hydrogens is 372 g/mol. The molecule has 3 aromatic rings. The Hall–Kier alpha value is -2.67. The van der Waals surface area contributed by atoms with E-state index in [1.165, 1.54) is 11.8 Å². The van der Waals surface area contributed by atoms with Crippen molar-refractivity contribution in [1.82, 2.24) is 15.0 Å². The molecule has 7 heteroatoms. The van der Waals surface area contributed by atoms with E-state index in [2.05, 4.69) is 20.3 Å². The first kappa shape index (κ1) is 18.7. The number of carbonyl (C=O) groups is 1. The predicted molar refractivity (Wildman–Crippen MR) is 110 cm³/mol. The van der Waals surface area contributed by atoms with E-state index < -0.39 is 0 Å². The lowest BCUT2D eigenvalue weighted by atomic mass is 10.2. The number of nitrogens with zero attached hydrogens (tertiary/aromatic N) is 3. The molecule has 1 saturated carbocycles. The number of hydrogen-bond acceptors (Lipinski definition) is 6. The highest BCUT2D eigenvalue weighted by atomic mass is 32.2. The third-order valence-corrected chi connectivity index (χ3v) is 5.54. The average Bonchev–Trinajstić information content (AvgIpc) is 3.47. The van der Waals surface area contributed by atoms with Crippen LogP contribution in [-0.2, 0) is 0 Å². The summed E-state index contributed by atoms with van der Waals surface area (Å²) >= 11 is 1.48. The average molecular weight is 395 g/mol. The lowest BCUT2D eigenvalue weighted by Gasteiger charge is -2.12. The molecule has 144 valence electrons. The fraction of sp³-hybridized carbons (Fsp3) is 0.333. The third kappa shape index (κ3) is 3.67. The molecule has 1 fully saturated rings. The standard InChI is InChI=1S/C21H22N4O2S/c1-11-13(3)27-20(23-11)15-7-9-16(10-8-15)24-19(26)17-12(2)22-18(14-5-6-14)25-21(17)28-4/h7-10,14H,5-6H2,1-4H3,(H,24,26). The maximum absolute atomic E-state index is 12.9. The molecule has 1 N–H and O–H groups in total. The van der Waals surface area contributed by atoms with Crippen LogP contribution in [0.4, 0.5) is 5.69 Å². The molecule has 0 saturated heterocycles. The predicted octanol–water partition coefficient (Wildman–Crippen LogP) is 4.91. The molecular formula is C21H22N4O2S. The zero-order valence-corrected chi connectivity index (χ0v) is 17.2. The Morgan fingerprint density at radius 1 is 1.07 bits per heavy atom. The van der Waals surface area contributed by atoms with E-state index in [-0.39, 0.29) is 5.91 Å². The SMILES string of the molecule is CSc1nc(C2CC2)nc(C)c1C(=O)Nc1ccc(-c2nc(C)c(C)o2)cc1. The van der Waals surface area contributed by atoms with Gasteiger partial charge in [-0.1, -0.05) is 0 Å². The van der Waals surface area contributed by atoms with Crippen LogP contribution in [0.5, 0.6) is 0 Å². The van der Waals surface area contributed by atoms with Gasteiger partial charge in [-0.2, -0.15) is 0 Å². The van der Waals surface area contributed by atoms with Crippen LogP contribution in [0.3, 0.4) is 0 Å². The molecule has 0 atom stereocenters. The van der Waals surface area contributed by atoms with Crippen LogP contribution in [0.25, 0.3) is 11.5 Å². The van der Waals surface area contributed by atoms with Gasteiger partial charge in [-0.05, 0) is 64.1 Å². The van der Waals surface area contributed by atoms with Gasteiger partial charge in [0.2, 0.25) is 5.89 Å². The van der Waals surface area contributed by atoms with Crippen LogP contribution in [-0.4, -0.2) is 27.1 Å². The summed E-state index contributed by atoms with van der Waals surface area (Å²) in [6.07, 6.45) is 4.20. The topological polar surface area (TPSA) is 80.9 Å². The van der Waals surface area contributed by atoms with Crippen molar-refractivity contribution in [2.75, 3.05) is 11.6 Å². The summed E-state index contributed by atoms with van der Waals surface area (Å²) in [5.41, 5.74) is 3.71. The van der Waals surface area contributed by atoms with Crippen LogP contribution in [0, 0.1) is 20.8 Å². The van der Waals surface area contributed by atoms with E-state index in [0.717, 1.165) is 46.4 Å². The van der Waals surface area contributed by atoms with Crippen LogP contribution < -0.4 is 5.32 Å². The van der Waals surface area contributed by atoms with Gasteiger partial charge >= 0.3 is 0 Å². The number of thioether (sulfide) groups is 1. The summed E-state index contributed by atoms with van der Waals surface area (Å²) in [5, 5.41) is 3.68. The molecule has 0 bridgehead atoms.